The maximum Gasteiger partial charge on any atom is 0.290 e. The molecular formula is C22H24N4O4S. The Morgan fingerprint density at radius 1 is 1.26 bits per heavy atom. The lowest BCUT2D eigenvalue weighted by Crippen LogP contribution is -2.49. The molecule has 8 nitrogen and oxygen atoms in total. The number of hydrogen-bond donors (Lipinski definition) is 1. The lowest BCUT2D eigenvalue weighted by molar-refractivity contribution is -0.121. The van der Waals surface area contributed by atoms with Gasteiger partial charge in [-0.2, -0.15) is 0 Å². The fraction of sp³-hybridized carbons (Fsp3) is 0.364. The van der Waals surface area contributed by atoms with Crippen LogP contribution < -0.4 is 5.32 Å². The molecule has 31 heavy (non-hydrogen) atoms. The second-order valence-corrected chi connectivity index (χ2v) is 8.59. The molecule has 1 fully saturated rings. The Morgan fingerprint density at radius 3 is 2.90 bits per heavy atom. The molecule has 1 aromatic carbocycles. The van der Waals surface area contributed by atoms with Gasteiger partial charge in [0.2, 0.25) is 5.91 Å². The standard InChI is InChI=1S/C22H24N4O4S/c1-14-24-25-21(31-14)15-6-5-7-16(12-15)23-20(27)18-8-3-4-11-26(18)22(28)19-10-9-17(30-19)13-29-2/h5-7,9-10,12,18H,3-4,8,11,13H2,1-2H3,(H,23,27)/t18-/m1/s1. The number of carbonyl (C=O) groups is 2. The number of aromatic nitrogens is 2. The first-order valence-electron chi connectivity index (χ1n) is 10.1. The number of carbonyl (C=O) groups excluding carboxylic acids is 2. The van der Waals surface area contributed by atoms with E-state index in [9.17, 15) is 9.59 Å². The molecule has 1 aliphatic heterocycles. The number of benzene rings is 1. The molecular weight excluding hydrogens is 416 g/mol. The molecule has 9 heteroatoms. The minimum atomic E-state index is -0.551. The van der Waals surface area contributed by atoms with Crippen LogP contribution in [0.5, 0.6) is 0 Å². The average Bonchev–Trinajstić information content (AvgIpc) is 3.43. The molecule has 1 saturated heterocycles. The van der Waals surface area contributed by atoms with Crippen molar-refractivity contribution in [1.29, 1.82) is 0 Å². The van der Waals surface area contributed by atoms with Crippen LogP contribution in [0, 0.1) is 6.92 Å². The van der Waals surface area contributed by atoms with Gasteiger partial charge < -0.3 is 19.4 Å². The first kappa shape index (κ1) is 21.2. The largest absolute Gasteiger partial charge is 0.453 e. The van der Waals surface area contributed by atoms with Gasteiger partial charge in [0.15, 0.2) is 5.76 Å². The summed E-state index contributed by atoms with van der Waals surface area (Å²) in [4.78, 5) is 27.7. The summed E-state index contributed by atoms with van der Waals surface area (Å²) in [5, 5.41) is 12.9. The Kier molecular flexibility index (Phi) is 6.43. The van der Waals surface area contributed by atoms with Crippen LogP contribution in [-0.4, -0.2) is 46.6 Å². The molecule has 2 amide bonds. The number of ether oxygens (including phenoxy) is 1. The molecule has 1 atom stereocenters. The smallest absolute Gasteiger partial charge is 0.290 e. The summed E-state index contributed by atoms with van der Waals surface area (Å²) in [6, 6.07) is 10.3. The minimum Gasteiger partial charge on any atom is -0.453 e. The van der Waals surface area contributed by atoms with Gasteiger partial charge in [-0.25, -0.2) is 0 Å². The summed E-state index contributed by atoms with van der Waals surface area (Å²) in [5.74, 6) is 0.315. The van der Waals surface area contributed by atoms with Gasteiger partial charge in [-0.3, -0.25) is 9.59 Å². The Hall–Kier alpha value is -3.04. The second kappa shape index (κ2) is 9.40. The van der Waals surface area contributed by atoms with Crippen molar-refractivity contribution in [2.75, 3.05) is 19.0 Å². The Balaban J connectivity index is 1.49. The number of furan rings is 1. The number of nitrogens with one attached hydrogen (secondary N) is 1. The van der Waals surface area contributed by atoms with Crippen molar-refractivity contribution in [2.24, 2.45) is 0 Å². The Morgan fingerprint density at radius 2 is 2.13 bits per heavy atom. The molecule has 2 aromatic heterocycles. The van der Waals surface area contributed by atoms with Gasteiger partial charge >= 0.3 is 0 Å². The first-order valence-corrected chi connectivity index (χ1v) is 11.0. The van der Waals surface area contributed by atoms with E-state index in [-0.39, 0.29) is 17.6 Å². The van der Waals surface area contributed by atoms with Crippen LogP contribution in [0.2, 0.25) is 0 Å². The third-order valence-corrected chi connectivity index (χ3v) is 6.02. The van der Waals surface area contributed by atoms with Gasteiger partial charge in [0.05, 0.1) is 0 Å². The van der Waals surface area contributed by atoms with Crippen LogP contribution in [0.3, 0.4) is 0 Å². The van der Waals surface area contributed by atoms with Crippen molar-refractivity contribution in [3.05, 3.63) is 52.9 Å². The van der Waals surface area contributed by atoms with Gasteiger partial charge in [-0.05, 0) is 50.5 Å². The maximum absolute atomic E-state index is 13.1. The van der Waals surface area contributed by atoms with Crippen molar-refractivity contribution >= 4 is 28.8 Å². The number of amides is 2. The summed E-state index contributed by atoms with van der Waals surface area (Å²) < 4.78 is 10.6. The molecule has 3 aromatic rings. The predicted molar refractivity (Wildman–Crippen MR) is 117 cm³/mol. The van der Waals surface area contributed by atoms with Crippen LogP contribution in [-0.2, 0) is 16.1 Å². The molecule has 4 rings (SSSR count). The molecule has 1 aliphatic rings. The zero-order valence-corrected chi connectivity index (χ0v) is 18.3. The topological polar surface area (TPSA) is 97.6 Å². The number of aryl methyl sites for hydroxylation is 1. The highest BCUT2D eigenvalue weighted by Gasteiger charge is 2.34. The van der Waals surface area contributed by atoms with E-state index in [1.165, 1.54) is 11.3 Å². The fourth-order valence-corrected chi connectivity index (χ4v) is 4.36. The van der Waals surface area contributed by atoms with Crippen LogP contribution in [0.25, 0.3) is 10.6 Å². The number of piperidine rings is 1. The van der Waals surface area contributed by atoms with E-state index >= 15 is 0 Å². The van der Waals surface area contributed by atoms with Crippen molar-refractivity contribution in [1.82, 2.24) is 15.1 Å². The second-order valence-electron chi connectivity index (χ2n) is 7.41. The van der Waals surface area contributed by atoms with E-state index in [0.29, 0.717) is 31.0 Å². The predicted octanol–water partition coefficient (Wildman–Crippen LogP) is 3.89. The SMILES string of the molecule is COCc1ccc(C(=O)N2CCCC[C@@H]2C(=O)Nc2cccc(-c3nnc(C)s3)c2)o1. The fourth-order valence-electron chi connectivity index (χ4n) is 3.67. The highest BCUT2D eigenvalue weighted by molar-refractivity contribution is 7.14. The Bertz CT molecular complexity index is 1080. The lowest BCUT2D eigenvalue weighted by atomic mass is 10.0. The van der Waals surface area contributed by atoms with Gasteiger partial charge in [-0.15, -0.1) is 10.2 Å². The van der Waals surface area contributed by atoms with E-state index in [1.54, 1.807) is 24.1 Å². The highest BCUT2D eigenvalue weighted by Crippen LogP contribution is 2.27. The molecule has 0 unspecified atom stereocenters. The number of nitrogens with zero attached hydrogens (tertiary/aromatic N) is 3. The summed E-state index contributed by atoms with van der Waals surface area (Å²) >= 11 is 1.50. The molecule has 3 heterocycles. The normalized spacial score (nSPS) is 16.3. The van der Waals surface area contributed by atoms with Crippen molar-refractivity contribution in [3.63, 3.8) is 0 Å². The minimum absolute atomic E-state index is 0.206. The first-order chi connectivity index (χ1) is 15.0. The van der Waals surface area contributed by atoms with E-state index in [1.807, 2.05) is 31.2 Å². The van der Waals surface area contributed by atoms with Crippen LogP contribution in [0.4, 0.5) is 5.69 Å². The number of anilines is 1. The van der Waals surface area contributed by atoms with Crippen LogP contribution in [0.15, 0.2) is 40.8 Å². The summed E-state index contributed by atoms with van der Waals surface area (Å²) in [5.41, 5.74) is 1.55. The van der Waals surface area contributed by atoms with Crippen LogP contribution in [0.1, 0.15) is 40.6 Å². The molecule has 0 bridgehead atoms. The molecule has 1 N–H and O–H groups in total. The highest BCUT2D eigenvalue weighted by atomic mass is 32.1. The van der Waals surface area contributed by atoms with E-state index < -0.39 is 6.04 Å². The third-order valence-electron chi connectivity index (χ3n) is 5.13. The quantitative estimate of drug-likeness (QED) is 0.625. The summed E-state index contributed by atoms with van der Waals surface area (Å²) in [6.07, 6.45) is 2.35. The molecule has 162 valence electrons. The average molecular weight is 441 g/mol. The molecule has 0 spiro atoms. The van der Waals surface area contributed by atoms with Crippen molar-refractivity contribution in [2.45, 2.75) is 38.8 Å². The number of likely N-dealkylation sites (tertiary alicyclic amines) is 1. The van der Waals surface area contributed by atoms with Crippen LogP contribution >= 0.6 is 11.3 Å². The monoisotopic (exact) mass is 440 g/mol. The summed E-state index contributed by atoms with van der Waals surface area (Å²) in [6.45, 7) is 2.71. The van der Waals surface area contributed by atoms with Gasteiger partial charge in [0.1, 0.15) is 28.4 Å². The van der Waals surface area contributed by atoms with Crippen molar-refractivity contribution < 1.29 is 18.7 Å². The zero-order valence-electron chi connectivity index (χ0n) is 17.5. The summed E-state index contributed by atoms with van der Waals surface area (Å²) in [7, 11) is 1.57. The Labute approximate surface area is 184 Å². The zero-order chi connectivity index (χ0) is 21.8. The molecule has 0 radical (unpaired) electrons. The molecule has 0 saturated carbocycles. The number of methoxy groups -OCH3 is 1. The van der Waals surface area contributed by atoms with Gasteiger partial charge in [0, 0.05) is 24.9 Å². The molecule has 0 aliphatic carbocycles. The van der Waals surface area contributed by atoms with E-state index in [2.05, 4.69) is 15.5 Å². The maximum atomic E-state index is 13.1. The lowest BCUT2D eigenvalue weighted by Gasteiger charge is -2.34. The van der Waals surface area contributed by atoms with Gasteiger partial charge in [-0.1, -0.05) is 23.5 Å². The third kappa shape index (κ3) is 4.83. The number of rotatable bonds is 6. The van der Waals surface area contributed by atoms with E-state index in [0.717, 1.165) is 28.4 Å². The van der Waals surface area contributed by atoms with E-state index in [4.69, 9.17) is 9.15 Å². The van der Waals surface area contributed by atoms with Crippen molar-refractivity contribution in [3.8, 4) is 10.6 Å². The number of hydrogen-bond acceptors (Lipinski definition) is 7. The van der Waals surface area contributed by atoms with Gasteiger partial charge in [0.25, 0.3) is 5.91 Å².